The number of amidine groups is 1. The lowest BCUT2D eigenvalue weighted by molar-refractivity contribution is 0.877. The van der Waals surface area contributed by atoms with Gasteiger partial charge in [0, 0.05) is 11.8 Å². The van der Waals surface area contributed by atoms with Crippen LogP contribution in [0.15, 0.2) is 30.6 Å². The molecular formula is C11H11IN4. The van der Waals surface area contributed by atoms with Crippen molar-refractivity contribution in [1.82, 2.24) is 9.78 Å². The molecule has 0 radical (unpaired) electrons. The van der Waals surface area contributed by atoms with Gasteiger partial charge in [0.25, 0.3) is 0 Å². The van der Waals surface area contributed by atoms with E-state index in [0.717, 1.165) is 14.8 Å². The number of nitrogens with one attached hydrogen (secondary N) is 1. The summed E-state index contributed by atoms with van der Waals surface area (Å²) in [5.41, 5.74) is 8.19. The molecule has 4 nitrogen and oxygen atoms in total. The molecule has 0 unspecified atom stereocenters. The maximum atomic E-state index is 7.56. The summed E-state index contributed by atoms with van der Waals surface area (Å²) in [6.45, 7) is 1.98. The minimum absolute atomic E-state index is 0.0595. The third-order valence-electron chi connectivity index (χ3n) is 2.24. The number of halogens is 1. The van der Waals surface area contributed by atoms with Crippen molar-refractivity contribution in [2.45, 2.75) is 6.92 Å². The fourth-order valence-electron chi connectivity index (χ4n) is 1.50. The van der Waals surface area contributed by atoms with Crippen molar-refractivity contribution in [3.05, 3.63) is 45.3 Å². The average Bonchev–Trinajstić information content (AvgIpc) is 2.64. The molecular weight excluding hydrogens is 315 g/mol. The van der Waals surface area contributed by atoms with E-state index < -0.39 is 0 Å². The number of aromatic nitrogens is 2. The van der Waals surface area contributed by atoms with E-state index in [1.807, 2.05) is 31.3 Å². The van der Waals surface area contributed by atoms with Gasteiger partial charge >= 0.3 is 0 Å². The smallest absolute Gasteiger partial charge is 0.124 e. The van der Waals surface area contributed by atoms with Gasteiger partial charge in [0.2, 0.25) is 0 Å². The van der Waals surface area contributed by atoms with Crippen molar-refractivity contribution in [3.8, 4) is 5.69 Å². The molecule has 0 atom stereocenters. The van der Waals surface area contributed by atoms with Crippen molar-refractivity contribution >= 4 is 28.4 Å². The molecule has 5 heteroatoms. The first-order chi connectivity index (χ1) is 7.58. The molecule has 0 bridgehead atoms. The van der Waals surface area contributed by atoms with Gasteiger partial charge in [-0.3, -0.25) is 5.41 Å². The van der Waals surface area contributed by atoms with Gasteiger partial charge in [-0.1, -0.05) is 11.6 Å². The zero-order chi connectivity index (χ0) is 11.7. The molecule has 3 N–H and O–H groups in total. The van der Waals surface area contributed by atoms with E-state index >= 15 is 0 Å². The van der Waals surface area contributed by atoms with Crippen LogP contribution in [-0.4, -0.2) is 15.6 Å². The van der Waals surface area contributed by atoms with Crippen molar-refractivity contribution in [2.75, 3.05) is 0 Å². The summed E-state index contributed by atoms with van der Waals surface area (Å²) >= 11 is 2.19. The summed E-state index contributed by atoms with van der Waals surface area (Å²) in [6, 6.07) is 5.80. The second-order valence-corrected chi connectivity index (χ2v) is 4.78. The maximum Gasteiger partial charge on any atom is 0.124 e. The Hall–Kier alpha value is -1.37. The number of hydrogen-bond donors (Lipinski definition) is 2. The lowest BCUT2D eigenvalue weighted by Gasteiger charge is -2.08. The topological polar surface area (TPSA) is 67.7 Å². The lowest BCUT2D eigenvalue weighted by Crippen LogP contribution is -2.15. The van der Waals surface area contributed by atoms with Crippen LogP contribution in [0, 0.1) is 15.9 Å². The number of benzene rings is 1. The molecule has 2 aromatic rings. The second kappa shape index (κ2) is 4.25. The highest BCUT2D eigenvalue weighted by Gasteiger charge is 2.08. The monoisotopic (exact) mass is 326 g/mol. The van der Waals surface area contributed by atoms with Gasteiger partial charge in [-0.2, -0.15) is 5.10 Å². The molecule has 0 aliphatic carbocycles. The SMILES string of the molecule is Cc1ccc(-n2cc(I)cn2)c(C(=N)N)c1. The Morgan fingerprint density at radius 2 is 2.25 bits per heavy atom. The Kier molecular flexibility index (Phi) is 2.95. The van der Waals surface area contributed by atoms with E-state index in [0.29, 0.717) is 5.56 Å². The number of nitrogens with zero attached hydrogens (tertiary/aromatic N) is 2. The molecule has 0 amide bonds. The Bertz CT molecular complexity index is 545. The van der Waals surface area contributed by atoms with Crippen LogP contribution in [0.1, 0.15) is 11.1 Å². The summed E-state index contributed by atoms with van der Waals surface area (Å²) in [5, 5.41) is 11.8. The van der Waals surface area contributed by atoms with Crippen LogP contribution in [0.4, 0.5) is 0 Å². The number of nitrogen functional groups attached to an aromatic ring is 1. The van der Waals surface area contributed by atoms with Gasteiger partial charge in [-0.25, -0.2) is 4.68 Å². The van der Waals surface area contributed by atoms with Gasteiger partial charge < -0.3 is 5.73 Å². The Balaban J connectivity index is 2.60. The van der Waals surface area contributed by atoms with E-state index in [2.05, 4.69) is 27.7 Å². The standard InChI is InChI=1S/C11H11IN4/c1-7-2-3-10(9(4-7)11(13)14)16-6-8(12)5-15-16/h2-6H,1H3,(H3,13,14). The van der Waals surface area contributed by atoms with Crippen molar-refractivity contribution in [1.29, 1.82) is 5.41 Å². The molecule has 0 saturated heterocycles. The summed E-state index contributed by atoms with van der Waals surface area (Å²) in [5.74, 6) is 0.0595. The Morgan fingerprint density at radius 3 is 2.81 bits per heavy atom. The number of aryl methyl sites for hydroxylation is 1. The quantitative estimate of drug-likeness (QED) is 0.504. The molecule has 16 heavy (non-hydrogen) atoms. The maximum absolute atomic E-state index is 7.56. The first kappa shape index (κ1) is 11.1. The predicted octanol–water partition coefficient (Wildman–Crippen LogP) is 2.07. The third kappa shape index (κ3) is 2.08. The molecule has 0 saturated carbocycles. The number of nitrogens with two attached hydrogens (primary N) is 1. The molecule has 82 valence electrons. The zero-order valence-corrected chi connectivity index (χ0v) is 10.9. The van der Waals surface area contributed by atoms with Gasteiger partial charge in [-0.15, -0.1) is 0 Å². The molecule has 0 aliphatic rings. The van der Waals surface area contributed by atoms with E-state index in [-0.39, 0.29) is 5.84 Å². The van der Waals surface area contributed by atoms with E-state index in [9.17, 15) is 0 Å². The molecule has 0 spiro atoms. The molecule has 2 rings (SSSR count). The fraction of sp³-hybridized carbons (Fsp3) is 0.0909. The summed E-state index contributed by atoms with van der Waals surface area (Å²) < 4.78 is 2.78. The molecule has 1 aromatic carbocycles. The zero-order valence-electron chi connectivity index (χ0n) is 8.74. The fourth-order valence-corrected chi connectivity index (χ4v) is 1.89. The summed E-state index contributed by atoms with van der Waals surface area (Å²) in [7, 11) is 0. The first-order valence-corrected chi connectivity index (χ1v) is 5.81. The lowest BCUT2D eigenvalue weighted by atomic mass is 10.1. The number of rotatable bonds is 2. The van der Waals surface area contributed by atoms with E-state index in [4.69, 9.17) is 11.1 Å². The minimum atomic E-state index is 0.0595. The van der Waals surface area contributed by atoms with Gasteiger partial charge in [0.05, 0.1) is 15.5 Å². The van der Waals surface area contributed by atoms with Crippen LogP contribution in [0.3, 0.4) is 0 Å². The van der Waals surface area contributed by atoms with Gasteiger partial charge in [0.1, 0.15) is 5.84 Å². The summed E-state index contributed by atoms with van der Waals surface area (Å²) in [6.07, 6.45) is 3.67. The highest BCUT2D eigenvalue weighted by Crippen LogP contribution is 2.16. The molecule has 1 heterocycles. The van der Waals surface area contributed by atoms with Crippen LogP contribution >= 0.6 is 22.6 Å². The van der Waals surface area contributed by atoms with Crippen LogP contribution < -0.4 is 5.73 Å². The van der Waals surface area contributed by atoms with Crippen molar-refractivity contribution in [2.24, 2.45) is 5.73 Å². The second-order valence-electron chi connectivity index (χ2n) is 3.54. The summed E-state index contributed by atoms with van der Waals surface area (Å²) in [4.78, 5) is 0. The highest BCUT2D eigenvalue weighted by molar-refractivity contribution is 14.1. The van der Waals surface area contributed by atoms with Gasteiger partial charge in [0.15, 0.2) is 0 Å². The molecule has 1 aromatic heterocycles. The largest absolute Gasteiger partial charge is 0.384 e. The average molecular weight is 326 g/mol. The highest BCUT2D eigenvalue weighted by atomic mass is 127. The van der Waals surface area contributed by atoms with E-state index in [1.54, 1.807) is 10.9 Å². The van der Waals surface area contributed by atoms with Crippen LogP contribution in [-0.2, 0) is 0 Å². The van der Waals surface area contributed by atoms with Crippen LogP contribution in [0.25, 0.3) is 5.69 Å². The normalized spacial score (nSPS) is 10.4. The van der Waals surface area contributed by atoms with Crippen molar-refractivity contribution < 1.29 is 0 Å². The molecule has 0 aliphatic heterocycles. The Morgan fingerprint density at radius 1 is 1.50 bits per heavy atom. The minimum Gasteiger partial charge on any atom is -0.384 e. The third-order valence-corrected chi connectivity index (χ3v) is 2.80. The van der Waals surface area contributed by atoms with Crippen LogP contribution in [0.5, 0.6) is 0 Å². The van der Waals surface area contributed by atoms with Gasteiger partial charge in [-0.05, 0) is 41.6 Å². The Labute approximate surface area is 107 Å². The first-order valence-electron chi connectivity index (χ1n) is 4.73. The van der Waals surface area contributed by atoms with Crippen molar-refractivity contribution in [3.63, 3.8) is 0 Å². The number of hydrogen-bond acceptors (Lipinski definition) is 2. The predicted molar refractivity (Wildman–Crippen MR) is 72.0 cm³/mol. The molecule has 0 fully saturated rings. The van der Waals surface area contributed by atoms with E-state index in [1.165, 1.54) is 0 Å². The van der Waals surface area contributed by atoms with Crippen LogP contribution in [0.2, 0.25) is 0 Å².